The van der Waals surface area contributed by atoms with Crippen LogP contribution < -0.4 is 0 Å². The average molecular weight is 146 g/mol. The van der Waals surface area contributed by atoms with Gasteiger partial charge in [0, 0.05) is 6.20 Å². The van der Waals surface area contributed by atoms with E-state index in [4.69, 9.17) is 0 Å². The topological polar surface area (TPSA) is 52.0 Å². The summed E-state index contributed by atoms with van der Waals surface area (Å²) in [4.78, 5) is 3.72. The molecule has 1 aromatic heterocycles. The highest BCUT2D eigenvalue weighted by atomic mass is 32.2. The highest BCUT2D eigenvalue weighted by Crippen LogP contribution is 1.90. The molecule has 1 rings (SSSR count). The summed E-state index contributed by atoms with van der Waals surface area (Å²) in [6.07, 6.45) is 2.72. The molecule has 0 spiro atoms. The molecule has 0 N–H and O–H groups in total. The molecule has 0 amide bonds. The third kappa shape index (κ3) is 1.29. The highest BCUT2D eigenvalue weighted by Gasteiger charge is 1.90. The monoisotopic (exact) mass is 146 g/mol. The summed E-state index contributed by atoms with van der Waals surface area (Å²) in [7, 11) is -2.52. The van der Waals surface area contributed by atoms with E-state index in [0.717, 1.165) is 3.97 Å². The molecule has 50 valence electrons. The third-order valence-electron chi connectivity index (χ3n) is 0.887. The number of aromatic nitrogens is 2. The van der Waals surface area contributed by atoms with Crippen LogP contribution in [0.1, 0.15) is 5.69 Å². The molecule has 4 nitrogen and oxygen atoms in total. The first-order valence-electron chi connectivity index (χ1n) is 2.35. The Balaban J connectivity index is 3.12. The Labute approximate surface area is 54.2 Å². The third-order valence-corrected chi connectivity index (χ3v) is 1.48. The number of aryl methyl sites for hydroxylation is 1. The van der Waals surface area contributed by atoms with Crippen molar-refractivity contribution >= 4 is 10.9 Å². The lowest BCUT2D eigenvalue weighted by atomic mass is 10.6. The highest BCUT2D eigenvalue weighted by molar-refractivity contribution is 7.70. The Morgan fingerprint density at radius 1 is 1.67 bits per heavy atom. The molecular weight excluding hydrogens is 140 g/mol. The molecular formula is C4H6N2O2S. The number of rotatable bonds is 1. The first kappa shape index (κ1) is 6.28. The van der Waals surface area contributed by atoms with Crippen LogP contribution in [-0.2, 0) is 10.9 Å². The van der Waals surface area contributed by atoms with E-state index in [0.29, 0.717) is 5.69 Å². The standard InChI is InChI=1S/C4H6N2O2S/c1-4-2-6(3-5-4)9(7)8/h2-3,9H,1H3. The van der Waals surface area contributed by atoms with Crippen molar-refractivity contribution in [3.8, 4) is 0 Å². The van der Waals surface area contributed by atoms with Crippen molar-refractivity contribution in [3.63, 3.8) is 0 Å². The van der Waals surface area contributed by atoms with Crippen LogP contribution in [0.25, 0.3) is 0 Å². The number of thiol groups is 1. The zero-order chi connectivity index (χ0) is 6.85. The maximum Gasteiger partial charge on any atom is 0.229 e. The fraction of sp³-hybridized carbons (Fsp3) is 0.250. The zero-order valence-electron chi connectivity index (χ0n) is 4.81. The van der Waals surface area contributed by atoms with Crippen LogP contribution in [0.3, 0.4) is 0 Å². The van der Waals surface area contributed by atoms with Crippen LogP contribution in [0, 0.1) is 6.92 Å². The van der Waals surface area contributed by atoms with Gasteiger partial charge in [-0.1, -0.05) is 0 Å². The molecule has 0 aliphatic rings. The molecule has 9 heavy (non-hydrogen) atoms. The predicted molar refractivity (Wildman–Crippen MR) is 32.7 cm³/mol. The van der Waals surface area contributed by atoms with Gasteiger partial charge in [-0.05, 0) is 6.92 Å². The van der Waals surface area contributed by atoms with Gasteiger partial charge in [0.2, 0.25) is 10.9 Å². The van der Waals surface area contributed by atoms with Crippen molar-refractivity contribution in [1.82, 2.24) is 8.96 Å². The molecule has 0 fully saturated rings. The number of hydrogen-bond donors (Lipinski definition) is 1. The van der Waals surface area contributed by atoms with Crippen LogP contribution in [0.15, 0.2) is 12.5 Å². The van der Waals surface area contributed by atoms with Gasteiger partial charge in [-0.2, -0.15) is 0 Å². The SMILES string of the molecule is Cc1cn([SH](=O)=O)cn1. The molecule has 1 heterocycles. The summed E-state index contributed by atoms with van der Waals surface area (Å²) in [5.41, 5.74) is 0.703. The van der Waals surface area contributed by atoms with Crippen LogP contribution in [0.2, 0.25) is 0 Å². The van der Waals surface area contributed by atoms with Gasteiger partial charge in [0.25, 0.3) is 0 Å². The molecule has 0 aliphatic carbocycles. The van der Waals surface area contributed by atoms with Crippen molar-refractivity contribution in [3.05, 3.63) is 18.2 Å². The fourth-order valence-electron chi connectivity index (χ4n) is 0.498. The summed E-state index contributed by atoms with van der Waals surface area (Å²) in [5.74, 6) is 0. The van der Waals surface area contributed by atoms with Gasteiger partial charge in [0.15, 0.2) is 0 Å². The smallest absolute Gasteiger partial charge is 0.229 e. The number of hydrogen-bond acceptors (Lipinski definition) is 3. The lowest BCUT2D eigenvalue weighted by Crippen LogP contribution is -1.89. The van der Waals surface area contributed by atoms with E-state index < -0.39 is 10.9 Å². The normalized spacial score (nSPS) is 10.4. The van der Waals surface area contributed by atoms with Crippen LogP contribution in [0.5, 0.6) is 0 Å². The summed E-state index contributed by atoms with van der Waals surface area (Å²) >= 11 is 0. The molecule has 0 atom stereocenters. The van der Waals surface area contributed by atoms with E-state index in [1.807, 2.05) is 0 Å². The van der Waals surface area contributed by atoms with Gasteiger partial charge in [-0.25, -0.2) is 17.4 Å². The molecule has 5 heteroatoms. The molecule has 0 bridgehead atoms. The Morgan fingerprint density at radius 3 is 2.56 bits per heavy atom. The van der Waals surface area contributed by atoms with E-state index in [-0.39, 0.29) is 0 Å². The Bertz CT molecular complexity index is 268. The van der Waals surface area contributed by atoms with E-state index in [1.165, 1.54) is 12.5 Å². The second kappa shape index (κ2) is 2.18. The fourth-order valence-corrected chi connectivity index (χ4v) is 0.895. The van der Waals surface area contributed by atoms with E-state index in [2.05, 4.69) is 4.98 Å². The van der Waals surface area contributed by atoms with Crippen molar-refractivity contribution in [2.45, 2.75) is 6.92 Å². The van der Waals surface area contributed by atoms with Gasteiger partial charge in [0.1, 0.15) is 6.33 Å². The minimum absolute atomic E-state index is 0.703. The van der Waals surface area contributed by atoms with E-state index in [1.54, 1.807) is 6.92 Å². The largest absolute Gasteiger partial charge is 0.241 e. The second-order valence-electron chi connectivity index (χ2n) is 1.63. The maximum atomic E-state index is 10.2. The minimum atomic E-state index is -2.52. The Hall–Kier alpha value is -0.840. The van der Waals surface area contributed by atoms with Gasteiger partial charge in [-0.3, -0.25) is 0 Å². The lowest BCUT2D eigenvalue weighted by molar-refractivity contribution is 0.607. The molecule has 0 radical (unpaired) electrons. The number of nitrogens with zero attached hydrogens (tertiary/aromatic N) is 2. The molecule has 0 aliphatic heterocycles. The average Bonchev–Trinajstić information content (AvgIpc) is 2.14. The first-order chi connectivity index (χ1) is 4.20. The van der Waals surface area contributed by atoms with Crippen molar-refractivity contribution in [2.24, 2.45) is 0 Å². The van der Waals surface area contributed by atoms with E-state index >= 15 is 0 Å². The van der Waals surface area contributed by atoms with E-state index in [9.17, 15) is 8.42 Å². The van der Waals surface area contributed by atoms with Gasteiger partial charge in [0.05, 0.1) is 5.69 Å². The summed E-state index contributed by atoms with van der Waals surface area (Å²) in [5, 5.41) is 0. The zero-order valence-corrected chi connectivity index (χ0v) is 5.71. The van der Waals surface area contributed by atoms with Crippen LogP contribution in [-0.4, -0.2) is 17.4 Å². The van der Waals surface area contributed by atoms with Crippen LogP contribution in [0.4, 0.5) is 0 Å². The molecule has 1 aromatic rings. The van der Waals surface area contributed by atoms with Crippen molar-refractivity contribution < 1.29 is 8.42 Å². The lowest BCUT2D eigenvalue weighted by Gasteiger charge is -1.80. The van der Waals surface area contributed by atoms with Gasteiger partial charge in [-0.15, -0.1) is 0 Å². The second-order valence-corrected chi connectivity index (χ2v) is 2.57. The predicted octanol–water partition coefficient (Wildman–Crippen LogP) is -0.434. The molecule has 0 unspecified atom stereocenters. The first-order valence-corrected chi connectivity index (χ1v) is 3.48. The van der Waals surface area contributed by atoms with Crippen LogP contribution >= 0.6 is 0 Å². The Kier molecular flexibility index (Phi) is 1.52. The number of imidazole rings is 1. The quantitative estimate of drug-likeness (QED) is 0.547. The van der Waals surface area contributed by atoms with Crippen molar-refractivity contribution in [1.29, 1.82) is 0 Å². The van der Waals surface area contributed by atoms with Gasteiger partial charge < -0.3 is 0 Å². The van der Waals surface area contributed by atoms with Gasteiger partial charge >= 0.3 is 0 Å². The maximum absolute atomic E-state index is 10.2. The summed E-state index contributed by atoms with van der Waals surface area (Å²) in [6.45, 7) is 1.73. The Morgan fingerprint density at radius 2 is 2.33 bits per heavy atom. The molecule has 0 aromatic carbocycles. The minimum Gasteiger partial charge on any atom is -0.241 e. The molecule has 0 saturated heterocycles. The summed E-state index contributed by atoms with van der Waals surface area (Å²) in [6, 6.07) is 0. The molecule has 0 saturated carbocycles. The summed E-state index contributed by atoms with van der Waals surface area (Å²) < 4.78 is 21.4. The van der Waals surface area contributed by atoms with Crippen molar-refractivity contribution in [2.75, 3.05) is 0 Å².